The molecule has 0 unspecified atom stereocenters. The van der Waals surface area contributed by atoms with E-state index in [1.165, 1.54) is 0 Å². The standard InChI is InChI=1S/C20H23N3O4S/c1-12(2)23-13(3)9-16(14(23)4)17(24)10-26-19(25)6-5-18-21-20(22-27-18)15-7-8-28-11-15/h7-9,11-12H,5-6,10H2,1-4H3. The van der Waals surface area contributed by atoms with Crippen molar-refractivity contribution in [3.63, 3.8) is 0 Å². The summed E-state index contributed by atoms with van der Waals surface area (Å²) in [5.41, 5.74) is 3.38. The van der Waals surface area contributed by atoms with Gasteiger partial charge in [0.2, 0.25) is 17.5 Å². The summed E-state index contributed by atoms with van der Waals surface area (Å²) in [7, 11) is 0. The van der Waals surface area contributed by atoms with Gasteiger partial charge < -0.3 is 13.8 Å². The van der Waals surface area contributed by atoms with Crippen LogP contribution in [0.25, 0.3) is 11.4 Å². The average Bonchev–Trinajstić information content (AvgIpc) is 3.37. The molecule has 0 bridgehead atoms. The van der Waals surface area contributed by atoms with Crippen molar-refractivity contribution in [1.29, 1.82) is 0 Å². The van der Waals surface area contributed by atoms with Gasteiger partial charge in [-0.15, -0.1) is 0 Å². The van der Waals surface area contributed by atoms with Crippen molar-refractivity contribution < 1.29 is 18.8 Å². The summed E-state index contributed by atoms with van der Waals surface area (Å²) in [6, 6.07) is 4.00. The molecule has 0 amide bonds. The van der Waals surface area contributed by atoms with Crippen LogP contribution in [0.5, 0.6) is 0 Å². The van der Waals surface area contributed by atoms with Crippen LogP contribution in [0.15, 0.2) is 27.4 Å². The van der Waals surface area contributed by atoms with Crippen LogP contribution in [0, 0.1) is 13.8 Å². The lowest BCUT2D eigenvalue weighted by atomic mass is 10.1. The summed E-state index contributed by atoms with van der Waals surface area (Å²) in [6.45, 7) is 7.73. The van der Waals surface area contributed by atoms with Gasteiger partial charge in [-0.05, 0) is 45.2 Å². The van der Waals surface area contributed by atoms with Crippen molar-refractivity contribution in [3.8, 4) is 11.4 Å². The molecule has 0 saturated heterocycles. The van der Waals surface area contributed by atoms with E-state index in [0.29, 0.717) is 17.3 Å². The lowest BCUT2D eigenvalue weighted by Crippen LogP contribution is -2.15. The van der Waals surface area contributed by atoms with Gasteiger partial charge >= 0.3 is 5.97 Å². The highest BCUT2D eigenvalue weighted by molar-refractivity contribution is 7.08. The van der Waals surface area contributed by atoms with Gasteiger partial charge in [0.15, 0.2) is 6.61 Å². The maximum absolute atomic E-state index is 12.4. The van der Waals surface area contributed by atoms with Crippen LogP contribution in [-0.2, 0) is 16.0 Å². The van der Waals surface area contributed by atoms with Crippen LogP contribution >= 0.6 is 11.3 Å². The van der Waals surface area contributed by atoms with E-state index in [-0.39, 0.29) is 31.3 Å². The van der Waals surface area contributed by atoms with E-state index in [1.54, 1.807) is 11.3 Å². The Morgan fingerprint density at radius 3 is 2.75 bits per heavy atom. The number of thiophene rings is 1. The number of Topliss-reactive ketones (excluding diaryl/α,β-unsaturated/α-hetero) is 1. The number of nitrogens with zero attached hydrogens (tertiary/aromatic N) is 3. The smallest absolute Gasteiger partial charge is 0.306 e. The quantitative estimate of drug-likeness (QED) is 0.416. The van der Waals surface area contributed by atoms with Gasteiger partial charge in [-0.2, -0.15) is 16.3 Å². The summed E-state index contributed by atoms with van der Waals surface area (Å²) in [6.07, 6.45) is 0.343. The molecule has 3 aromatic rings. The van der Waals surface area contributed by atoms with E-state index in [0.717, 1.165) is 17.0 Å². The number of hydrogen-bond donors (Lipinski definition) is 0. The molecular weight excluding hydrogens is 378 g/mol. The summed E-state index contributed by atoms with van der Waals surface area (Å²) < 4.78 is 12.4. The molecule has 0 aromatic carbocycles. The lowest BCUT2D eigenvalue weighted by molar-refractivity contribution is -0.142. The molecule has 3 heterocycles. The Hall–Kier alpha value is -2.74. The van der Waals surface area contributed by atoms with Gasteiger partial charge in [-0.1, -0.05) is 5.16 Å². The summed E-state index contributed by atoms with van der Waals surface area (Å²) in [5.74, 6) is 0.192. The molecule has 28 heavy (non-hydrogen) atoms. The Morgan fingerprint density at radius 2 is 2.11 bits per heavy atom. The Bertz CT molecular complexity index is 970. The van der Waals surface area contributed by atoms with Crippen LogP contribution in [-0.4, -0.2) is 33.1 Å². The topological polar surface area (TPSA) is 87.2 Å². The first-order chi connectivity index (χ1) is 13.4. The van der Waals surface area contributed by atoms with Gasteiger partial charge in [0.05, 0.1) is 6.42 Å². The van der Waals surface area contributed by atoms with Crippen LogP contribution in [0.2, 0.25) is 0 Å². The average molecular weight is 401 g/mol. The maximum Gasteiger partial charge on any atom is 0.306 e. The number of ketones is 1. The number of aromatic nitrogens is 3. The van der Waals surface area contributed by atoms with Crippen molar-refractivity contribution >= 4 is 23.1 Å². The van der Waals surface area contributed by atoms with Gasteiger partial charge in [0, 0.05) is 40.4 Å². The SMILES string of the molecule is Cc1cc(C(=O)COC(=O)CCc2nc(-c3ccsc3)no2)c(C)n1C(C)C. The van der Waals surface area contributed by atoms with Crippen molar-refractivity contribution in [2.45, 2.75) is 46.6 Å². The molecule has 3 rings (SSSR count). The van der Waals surface area contributed by atoms with Crippen molar-refractivity contribution in [3.05, 3.63) is 45.7 Å². The number of carbonyl (C=O) groups excluding carboxylic acids is 2. The van der Waals surface area contributed by atoms with Gasteiger partial charge in [-0.3, -0.25) is 9.59 Å². The zero-order chi connectivity index (χ0) is 20.3. The van der Waals surface area contributed by atoms with Gasteiger partial charge in [0.1, 0.15) is 0 Å². The number of rotatable bonds is 8. The van der Waals surface area contributed by atoms with Crippen LogP contribution in [0.4, 0.5) is 0 Å². The molecule has 0 spiro atoms. The number of ether oxygens (including phenoxy) is 1. The third kappa shape index (κ3) is 4.39. The lowest BCUT2D eigenvalue weighted by Gasteiger charge is -2.13. The molecule has 0 aliphatic rings. The number of hydrogen-bond acceptors (Lipinski definition) is 7. The fourth-order valence-corrected chi connectivity index (χ4v) is 3.86. The molecule has 0 fully saturated rings. The molecule has 148 valence electrons. The van der Waals surface area contributed by atoms with E-state index in [9.17, 15) is 9.59 Å². The normalized spacial score (nSPS) is 11.2. The van der Waals surface area contributed by atoms with E-state index in [1.807, 2.05) is 36.7 Å². The third-order valence-electron chi connectivity index (χ3n) is 4.46. The predicted molar refractivity (Wildman–Crippen MR) is 106 cm³/mol. The van der Waals surface area contributed by atoms with Gasteiger partial charge in [-0.25, -0.2) is 0 Å². The highest BCUT2D eigenvalue weighted by Gasteiger charge is 2.19. The number of esters is 1. The van der Waals surface area contributed by atoms with Crippen molar-refractivity contribution in [2.24, 2.45) is 0 Å². The fourth-order valence-electron chi connectivity index (χ4n) is 3.22. The summed E-state index contributed by atoms with van der Waals surface area (Å²) in [5, 5.41) is 7.75. The van der Waals surface area contributed by atoms with Crippen LogP contribution in [0.1, 0.15) is 53.9 Å². The summed E-state index contributed by atoms with van der Waals surface area (Å²) in [4.78, 5) is 28.7. The predicted octanol–water partition coefficient (Wildman–Crippen LogP) is 4.16. The molecule has 0 aliphatic heterocycles. The van der Waals surface area contributed by atoms with Gasteiger partial charge in [0.25, 0.3) is 0 Å². The second-order valence-corrected chi connectivity index (χ2v) is 7.64. The van der Waals surface area contributed by atoms with Crippen molar-refractivity contribution in [2.75, 3.05) is 6.61 Å². The first-order valence-corrected chi connectivity index (χ1v) is 10.0. The molecule has 0 atom stereocenters. The molecule has 0 N–H and O–H groups in total. The fraction of sp³-hybridized carbons (Fsp3) is 0.400. The second kappa shape index (κ2) is 8.52. The molecule has 3 aromatic heterocycles. The monoisotopic (exact) mass is 401 g/mol. The minimum atomic E-state index is -0.471. The zero-order valence-electron chi connectivity index (χ0n) is 16.4. The van der Waals surface area contributed by atoms with Crippen LogP contribution in [0.3, 0.4) is 0 Å². The highest BCUT2D eigenvalue weighted by atomic mass is 32.1. The maximum atomic E-state index is 12.4. The second-order valence-electron chi connectivity index (χ2n) is 6.86. The number of carbonyl (C=O) groups is 2. The Labute approximate surface area is 167 Å². The molecule has 0 radical (unpaired) electrons. The van der Waals surface area contributed by atoms with E-state index >= 15 is 0 Å². The Kier molecular flexibility index (Phi) is 6.08. The largest absolute Gasteiger partial charge is 0.457 e. The molecule has 8 heteroatoms. The van der Waals surface area contributed by atoms with Crippen molar-refractivity contribution in [1.82, 2.24) is 14.7 Å². The molecule has 0 saturated carbocycles. The van der Waals surface area contributed by atoms with E-state index < -0.39 is 5.97 Å². The third-order valence-corrected chi connectivity index (χ3v) is 5.14. The van der Waals surface area contributed by atoms with E-state index in [2.05, 4.69) is 28.6 Å². The summed E-state index contributed by atoms with van der Waals surface area (Å²) >= 11 is 1.54. The minimum absolute atomic E-state index is 0.0730. The molecule has 0 aliphatic carbocycles. The molecular formula is C20H23N3O4S. The van der Waals surface area contributed by atoms with Crippen LogP contribution < -0.4 is 0 Å². The zero-order valence-corrected chi connectivity index (χ0v) is 17.2. The minimum Gasteiger partial charge on any atom is -0.457 e. The Balaban J connectivity index is 1.51. The highest BCUT2D eigenvalue weighted by Crippen LogP contribution is 2.21. The Morgan fingerprint density at radius 1 is 1.32 bits per heavy atom. The van der Waals surface area contributed by atoms with E-state index in [4.69, 9.17) is 9.26 Å². The number of aryl methyl sites for hydroxylation is 2. The molecule has 7 nitrogen and oxygen atoms in total. The first-order valence-electron chi connectivity index (χ1n) is 9.09. The first kappa shape index (κ1) is 20.0.